The highest BCUT2D eigenvalue weighted by molar-refractivity contribution is 7.98. The molecule has 0 fully saturated rings. The molecule has 0 aliphatic carbocycles. The van der Waals surface area contributed by atoms with Crippen LogP contribution in [0.3, 0.4) is 0 Å². The Labute approximate surface area is 160 Å². The number of rotatable bonds is 8. The topological polar surface area (TPSA) is 128 Å². The summed E-state index contributed by atoms with van der Waals surface area (Å²) in [7, 11) is 0. The summed E-state index contributed by atoms with van der Waals surface area (Å²) in [5.41, 5.74) is 5.07. The van der Waals surface area contributed by atoms with E-state index in [-0.39, 0.29) is 10.6 Å². The van der Waals surface area contributed by atoms with E-state index in [9.17, 15) is 19.2 Å². The highest BCUT2D eigenvalue weighted by Crippen LogP contribution is 2.15. The van der Waals surface area contributed by atoms with Gasteiger partial charge in [-0.05, 0) is 37.5 Å². The van der Waals surface area contributed by atoms with Crippen molar-refractivity contribution < 1.29 is 23.9 Å². The van der Waals surface area contributed by atoms with Gasteiger partial charge in [0.15, 0.2) is 6.10 Å². The smallest absolute Gasteiger partial charge is 0.329 e. The fourth-order valence-corrected chi connectivity index (χ4v) is 2.59. The number of esters is 1. The number of benzene rings is 1. The van der Waals surface area contributed by atoms with Gasteiger partial charge < -0.3 is 15.8 Å². The van der Waals surface area contributed by atoms with Crippen LogP contribution in [0.15, 0.2) is 24.3 Å². The van der Waals surface area contributed by atoms with E-state index in [0.29, 0.717) is 12.2 Å². The zero-order chi connectivity index (χ0) is 19.7. The molecule has 0 aliphatic heterocycles. The molecule has 26 heavy (non-hydrogen) atoms. The molecule has 0 bridgehead atoms. The van der Waals surface area contributed by atoms with Crippen LogP contribution in [-0.2, 0) is 14.3 Å². The first-order valence-electron chi connectivity index (χ1n) is 7.61. The Morgan fingerprint density at radius 3 is 2.50 bits per heavy atom. The molecule has 4 amide bonds. The van der Waals surface area contributed by atoms with Crippen LogP contribution in [-0.4, -0.2) is 48.0 Å². The summed E-state index contributed by atoms with van der Waals surface area (Å²) in [6.45, 7) is 1.29. The number of hydrogen-bond acceptors (Lipinski definition) is 6. The van der Waals surface area contributed by atoms with Crippen molar-refractivity contribution in [1.29, 1.82) is 0 Å². The van der Waals surface area contributed by atoms with E-state index in [2.05, 4.69) is 5.32 Å². The van der Waals surface area contributed by atoms with E-state index >= 15 is 0 Å². The first kappa shape index (κ1) is 21.8. The summed E-state index contributed by atoms with van der Waals surface area (Å²) in [5, 5.41) is 4.62. The van der Waals surface area contributed by atoms with Crippen LogP contribution in [0.2, 0.25) is 5.02 Å². The van der Waals surface area contributed by atoms with Gasteiger partial charge in [0.25, 0.3) is 11.8 Å². The number of carbonyl (C=O) groups excluding carboxylic acids is 4. The third-order valence-corrected chi connectivity index (χ3v) is 4.20. The van der Waals surface area contributed by atoms with Crippen LogP contribution < -0.4 is 16.4 Å². The number of hydrogen-bond donors (Lipinski definition) is 3. The van der Waals surface area contributed by atoms with E-state index in [1.807, 2.05) is 11.6 Å². The first-order valence-corrected chi connectivity index (χ1v) is 9.38. The molecule has 0 unspecified atom stereocenters. The molecular weight excluding hydrogens is 382 g/mol. The standard InChI is InChI=1S/C16H20ClN3O5S/c1-9(13(21)20-16(18)24)25-15(23)12(7-8-26-2)19-14(22)10-5-3-4-6-11(10)17/h3-6,9,12H,7-8H2,1-2H3,(H,19,22)(H3,18,20,21,24)/t9-,12-/m0/s1. The minimum absolute atomic E-state index is 0.218. The number of thioether (sulfide) groups is 1. The average molecular weight is 402 g/mol. The molecule has 0 radical (unpaired) electrons. The summed E-state index contributed by atoms with van der Waals surface area (Å²) in [5.74, 6) is -1.61. The van der Waals surface area contributed by atoms with Crippen LogP contribution in [0.1, 0.15) is 23.7 Å². The lowest BCUT2D eigenvalue weighted by Gasteiger charge is -2.20. The summed E-state index contributed by atoms with van der Waals surface area (Å²) in [6, 6.07) is 4.38. The number of ether oxygens (including phenoxy) is 1. The van der Waals surface area contributed by atoms with Gasteiger partial charge in [0.2, 0.25) is 0 Å². The van der Waals surface area contributed by atoms with Gasteiger partial charge in [-0.1, -0.05) is 23.7 Å². The van der Waals surface area contributed by atoms with Gasteiger partial charge >= 0.3 is 12.0 Å². The zero-order valence-electron chi connectivity index (χ0n) is 14.3. The maximum Gasteiger partial charge on any atom is 0.329 e. The molecule has 0 aromatic heterocycles. The van der Waals surface area contributed by atoms with Gasteiger partial charge in [-0.15, -0.1) is 0 Å². The Hall–Kier alpha value is -2.26. The van der Waals surface area contributed by atoms with E-state index < -0.39 is 36.0 Å². The SMILES string of the molecule is CSCC[C@H](NC(=O)c1ccccc1Cl)C(=O)O[C@@H](C)C(=O)NC(N)=O. The van der Waals surface area contributed by atoms with Crippen molar-refractivity contribution in [2.45, 2.75) is 25.5 Å². The van der Waals surface area contributed by atoms with Crippen LogP contribution in [0.25, 0.3) is 0 Å². The van der Waals surface area contributed by atoms with E-state index in [1.165, 1.54) is 24.8 Å². The summed E-state index contributed by atoms with van der Waals surface area (Å²) in [6.07, 6.45) is 0.894. The number of nitrogens with one attached hydrogen (secondary N) is 2. The highest BCUT2D eigenvalue weighted by atomic mass is 35.5. The van der Waals surface area contributed by atoms with Gasteiger partial charge in [0, 0.05) is 0 Å². The largest absolute Gasteiger partial charge is 0.451 e. The van der Waals surface area contributed by atoms with Crippen LogP contribution >= 0.6 is 23.4 Å². The molecule has 0 heterocycles. The Kier molecular flexibility index (Phi) is 8.94. The fraction of sp³-hybridized carbons (Fsp3) is 0.375. The maximum absolute atomic E-state index is 12.4. The number of halogens is 1. The lowest BCUT2D eigenvalue weighted by molar-refractivity contribution is -0.156. The predicted molar refractivity (Wildman–Crippen MR) is 99.0 cm³/mol. The zero-order valence-corrected chi connectivity index (χ0v) is 15.9. The normalized spacial score (nSPS) is 12.6. The average Bonchev–Trinajstić information content (AvgIpc) is 2.57. The molecule has 10 heteroatoms. The van der Waals surface area contributed by atoms with Crippen molar-refractivity contribution in [2.24, 2.45) is 5.73 Å². The summed E-state index contributed by atoms with van der Waals surface area (Å²) < 4.78 is 5.02. The Balaban J connectivity index is 2.80. The van der Waals surface area contributed by atoms with Gasteiger partial charge in [-0.3, -0.25) is 14.9 Å². The summed E-state index contributed by atoms with van der Waals surface area (Å²) >= 11 is 7.46. The van der Waals surface area contributed by atoms with Gasteiger partial charge in [-0.2, -0.15) is 11.8 Å². The molecule has 4 N–H and O–H groups in total. The second-order valence-electron chi connectivity index (χ2n) is 5.22. The lowest BCUT2D eigenvalue weighted by Crippen LogP contribution is -2.47. The molecular formula is C16H20ClN3O5S. The molecule has 1 rings (SSSR count). The van der Waals surface area contributed by atoms with Crippen LogP contribution in [0.4, 0.5) is 4.79 Å². The molecule has 0 saturated carbocycles. The number of urea groups is 1. The summed E-state index contributed by atoms with van der Waals surface area (Å²) in [4.78, 5) is 47.0. The second-order valence-corrected chi connectivity index (χ2v) is 6.61. The monoisotopic (exact) mass is 401 g/mol. The molecule has 0 saturated heterocycles. The lowest BCUT2D eigenvalue weighted by atomic mass is 10.1. The van der Waals surface area contributed by atoms with Crippen molar-refractivity contribution in [3.63, 3.8) is 0 Å². The molecule has 0 spiro atoms. The van der Waals surface area contributed by atoms with Gasteiger partial charge in [0.05, 0.1) is 10.6 Å². The van der Waals surface area contributed by atoms with E-state index in [0.717, 1.165) is 0 Å². The van der Waals surface area contributed by atoms with Crippen molar-refractivity contribution in [3.8, 4) is 0 Å². The minimum atomic E-state index is -1.25. The molecule has 0 aliphatic rings. The van der Waals surface area contributed by atoms with Crippen molar-refractivity contribution >= 4 is 47.2 Å². The number of imide groups is 1. The Morgan fingerprint density at radius 1 is 1.27 bits per heavy atom. The van der Waals surface area contributed by atoms with Crippen molar-refractivity contribution in [2.75, 3.05) is 12.0 Å². The van der Waals surface area contributed by atoms with Crippen LogP contribution in [0, 0.1) is 0 Å². The maximum atomic E-state index is 12.4. The quantitative estimate of drug-likeness (QED) is 0.563. The third kappa shape index (κ3) is 6.93. The third-order valence-electron chi connectivity index (χ3n) is 3.23. The Bertz CT molecular complexity index is 686. The second kappa shape index (κ2) is 10.7. The molecule has 142 valence electrons. The van der Waals surface area contributed by atoms with Gasteiger partial charge in [-0.25, -0.2) is 9.59 Å². The first-order chi connectivity index (χ1) is 12.3. The molecule has 8 nitrogen and oxygen atoms in total. The Morgan fingerprint density at radius 2 is 1.92 bits per heavy atom. The van der Waals surface area contributed by atoms with Crippen molar-refractivity contribution in [1.82, 2.24) is 10.6 Å². The number of carbonyl (C=O) groups is 4. The van der Waals surface area contributed by atoms with E-state index in [4.69, 9.17) is 22.1 Å². The molecule has 1 aromatic rings. The highest BCUT2D eigenvalue weighted by Gasteiger charge is 2.27. The number of nitrogens with two attached hydrogens (primary N) is 1. The van der Waals surface area contributed by atoms with E-state index in [1.54, 1.807) is 18.2 Å². The van der Waals surface area contributed by atoms with Gasteiger partial charge in [0.1, 0.15) is 6.04 Å². The van der Waals surface area contributed by atoms with Crippen molar-refractivity contribution in [3.05, 3.63) is 34.9 Å². The molecule has 1 aromatic carbocycles. The van der Waals surface area contributed by atoms with Crippen LogP contribution in [0.5, 0.6) is 0 Å². The number of amides is 4. The molecule has 2 atom stereocenters. The fourth-order valence-electron chi connectivity index (χ4n) is 1.90. The minimum Gasteiger partial charge on any atom is -0.451 e. The number of primary amides is 1. The predicted octanol–water partition coefficient (Wildman–Crippen LogP) is 1.32.